The van der Waals surface area contributed by atoms with Crippen molar-refractivity contribution in [3.8, 4) is 11.1 Å². The molecule has 2 aromatic carbocycles. The van der Waals surface area contributed by atoms with Crippen LogP contribution < -0.4 is 10.2 Å². The van der Waals surface area contributed by atoms with E-state index in [1.54, 1.807) is 41.3 Å². The van der Waals surface area contributed by atoms with Crippen molar-refractivity contribution >= 4 is 29.0 Å². The molecule has 0 aliphatic carbocycles. The molecular weight excluding hydrogens is 368 g/mol. The van der Waals surface area contributed by atoms with Gasteiger partial charge in [0, 0.05) is 28.8 Å². The maximum Gasteiger partial charge on any atom is 0.288 e. The molecule has 0 atom stereocenters. The van der Waals surface area contributed by atoms with Crippen molar-refractivity contribution in [2.75, 3.05) is 23.3 Å². The molecule has 0 spiro atoms. The van der Waals surface area contributed by atoms with E-state index in [9.17, 15) is 22.4 Å². The van der Waals surface area contributed by atoms with Gasteiger partial charge in [-0.3, -0.25) is 4.79 Å². The van der Waals surface area contributed by atoms with Crippen molar-refractivity contribution < 1.29 is 22.4 Å². The second kappa shape index (κ2) is 7.19. The van der Waals surface area contributed by atoms with Crippen LogP contribution in [0.5, 0.6) is 0 Å². The smallest absolute Gasteiger partial charge is 0.288 e. The highest BCUT2D eigenvalue weighted by Crippen LogP contribution is 2.37. The van der Waals surface area contributed by atoms with Crippen molar-refractivity contribution in [2.24, 2.45) is 0 Å². The summed E-state index contributed by atoms with van der Waals surface area (Å²) in [6, 6.07) is 11.5. The first-order valence-corrected chi connectivity index (χ1v) is 8.71. The molecule has 2 aromatic rings. The molecule has 8 heteroatoms. The minimum absolute atomic E-state index is 0.278. The first kappa shape index (κ1) is 18.6. The van der Waals surface area contributed by atoms with E-state index in [4.69, 9.17) is 0 Å². The number of alkyl halides is 4. The third kappa shape index (κ3) is 4.30. The van der Waals surface area contributed by atoms with Gasteiger partial charge in [-0.1, -0.05) is 23.9 Å². The zero-order valence-electron chi connectivity index (χ0n) is 13.8. The number of carbonyl (C=O) groups is 1. The highest BCUT2D eigenvalue weighted by atomic mass is 32.2. The van der Waals surface area contributed by atoms with E-state index in [-0.39, 0.29) is 19.0 Å². The third-order valence-corrected chi connectivity index (χ3v) is 4.62. The Hall–Kier alpha value is -2.22. The van der Waals surface area contributed by atoms with Crippen molar-refractivity contribution in [3.63, 3.8) is 0 Å². The third-order valence-electron chi connectivity index (χ3n) is 3.91. The standard InChI is InChI=1S/C18H16F4N2OS/c1-11(25)23-16-7-6-14(26-17(19)20)8-15(16)12-2-4-13(5-3-12)24-9-18(21,22)10-24/h2-8,17H,9-10H2,1H3,(H,23,25). The number of amides is 1. The SMILES string of the molecule is CC(=O)Nc1ccc(SC(F)F)cc1-c1ccc(N2CC(F)(F)C2)cc1. The highest BCUT2D eigenvalue weighted by molar-refractivity contribution is 7.99. The van der Waals surface area contributed by atoms with Gasteiger partial charge in [-0.15, -0.1) is 0 Å². The molecule has 3 nitrogen and oxygen atoms in total. The minimum Gasteiger partial charge on any atom is -0.359 e. The Morgan fingerprint density at radius 1 is 1.15 bits per heavy atom. The van der Waals surface area contributed by atoms with Gasteiger partial charge in [-0.25, -0.2) is 8.78 Å². The molecule has 138 valence electrons. The average Bonchev–Trinajstić information content (AvgIpc) is 2.53. The second-order valence-electron chi connectivity index (χ2n) is 6.03. The molecular formula is C18H16F4N2OS. The summed E-state index contributed by atoms with van der Waals surface area (Å²) in [6.45, 7) is 0.729. The van der Waals surface area contributed by atoms with Crippen LogP contribution >= 0.6 is 11.8 Å². The zero-order chi connectivity index (χ0) is 18.9. The summed E-state index contributed by atoms with van der Waals surface area (Å²) in [6.07, 6.45) is 0. The Morgan fingerprint density at radius 3 is 2.35 bits per heavy atom. The number of thioether (sulfide) groups is 1. The summed E-state index contributed by atoms with van der Waals surface area (Å²) in [5.74, 6) is -5.48. The molecule has 1 amide bonds. The molecule has 0 aromatic heterocycles. The van der Waals surface area contributed by atoms with E-state index in [0.717, 1.165) is 0 Å². The molecule has 0 unspecified atom stereocenters. The molecule has 1 N–H and O–H groups in total. The number of anilines is 2. The predicted octanol–water partition coefficient (Wildman–Crippen LogP) is 5.08. The lowest BCUT2D eigenvalue weighted by molar-refractivity contribution is -0.114. The Kier molecular flexibility index (Phi) is 5.13. The lowest BCUT2D eigenvalue weighted by Crippen LogP contribution is -2.56. The van der Waals surface area contributed by atoms with Crippen LogP contribution in [0.25, 0.3) is 11.1 Å². The normalized spacial score (nSPS) is 15.7. The molecule has 1 aliphatic heterocycles. The topological polar surface area (TPSA) is 32.3 Å². The number of halogens is 4. The average molecular weight is 384 g/mol. The van der Waals surface area contributed by atoms with Crippen LogP contribution in [0.15, 0.2) is 47.4 Å². The predicted molar refractivity (Wildman–Crippen MR) is 95.2 cm³/mol. The van der Waals surface area contributed by atoms with Gasteiger partial charge in [0.15, 0.2) is 0 Å². The fourth-order valence-corrected chi connectivity index (χ4v) is 3.32. The van der Waals surface area contributed by atoms with Crippen LogP contribution in [0.4, 0.5) is 28.9 Å². The molecule has 0 radical (unpaired) electrons. The van der Waals surface area contributed by atoms with E-state index < -0.39 is 11.7 Å². The molecule has 1 heterocycles. The fourth-order valence-electron chi connectivity index (χ4n) is 2.78. The van der Waals surface area contributed by atoms with Crippen molar-refractivity contribution in [1.82, 2.24) is 0 Å². The summed E-state index contributed by atoms with van der Waals surface area (Å²) in [5, 5.41) is 2.68. The molecule has 3 rings (SSSR count). The summed E-state index contributed by atoms with van der Waals surface area (Å²) in [5.41, 5.74) is 2.45. The number of hydrogen-bond acceptors (Lipinski definition) is 3. The molecule has 26 heavy (non-hydrogen) atoms. The molecule has 1 saturated heterocycles. The van der Waals surface area contributed by atoms with Gasteiger partial charge < -0.3 is 10.2 Å². The molecule has 1 fully saturated rings. The maximum absolute atomic E-state index is 13.0. The van der Waals surface area contributed by atoms with Crippen LogP contribution in [0.3, 0.4) is 0 Å². The largest absolute Gasteiger partial charge is 0.359 e. The van der Waals surface area contributed by atoms with Gasteiger partial charge in [-0.2, -0.15) is 8.78 Å². The van der Waals surface area contributed by atoms with Gasteiger partial charge in [-0.05, 0) is 35.9 Å². The van der Waals surface area contributed by atoms with E-state index in [1.165, 1.54) is 13.0 Å². The summed E-state index contributed by atoms with van der Waals surface area (Å²) in [7, 11) is 0. The van der Waals surface area contributed by atoms with Crippen LogP contribution in [-0.4, -0.2) is 30.7 Å². The van der Waals surface area contributed by atoms with E-state index >= 15 is 0 Å². The Bertz CT molecular complexity index is 803. The van der Waals surface area contributed by atoms with Crippen LogP contribution in [-0.2, 0) is 4.79 Å². The molecule has 0 bridgehead atoms. The number of hydrogen-bond donors (Lipinski definition) is 1. The van der Waals surface area contributed by atoms with Gasteiger partial charge in [0.05, 0.1) is 13.1 Å². The van der Waals surface area contributed by atoms with Crippen LogP contribution in [0, 0.1) is 0 Å². The molecule has 1 aliphatic rings. The Morgan fingerprint density at radius 2 is 1.81 bits per heavy atom. The van der Waals surface area contributed by atoms with E-state index in [0.29, 0.717) is 39.2 Å². The van der Waals surface area contributed by atoms with Crippen molar-refractivity contribution in [3.05, 3.63) is 42.5 Å². The summed E-state index contributed by atoms with van der Waals surface area (Å²) in [4.78, 5) is 13.3. The number of nitrogens with one attached hydrogen (secondary N) is 1. The van der Waals surface area contributed by atoms with Gasteiger partial charge in [0.1, 0.15) is 0 Å². The first-order chi connectivity index (χ1) is 12.2. The van der Waals surface area contributed by atoms with E-state index in [1.807, 2.05) is 0 Å². The fraction of sp³-hybridized carbons (Fsp3) is 0.278. The maximum atomic E-state index is 13.0. The lowest BCUT2D eigenvalue weighted by atomic mass is 10.0. The number of nitrogens with zero attached hydrogens (tertiary/aromatic N) is 1. The lowest BCUT2D eigenvalue weighted by Gasteiger charge is -2.40. The van der Waals surface area contributed by atoms with Gasteiger partial charge in [0.25, 0.3) is 11.7 Å². The van der Waals surface area contributed by atoms with E-state index in [2.05, 4.69) is 5.32 Å². The minimum atomic E-state index is -2.65. The Balaban J connectivity index is 1.89. The van der Waals surface area contributed by atoms with Gasteiger partial charge in [0.2, 0.25) is 5.91 Å². The highest BCUT2D eigenvalue weighted by Gasteiger charge is 2.43. The van der Waals surface area contributed by atoms with Crippen LogP contribution in [0.2, 0.25) is 0 Å². The van der Waals surface area contributed by atoms with Crippen molar-refractivity contribution in [2.45, 2.75) is 23.5 Å². The zero-order valence-corrected chi connectivity index (χ0v) is 14.6. The van der Waals surface area contributed by atoms with Crippen LogP contribution in [0.1, 0.15) is 6.92 Å². The number of benzene rings is 2. The van der Waals surface area contributed by atoms with Gasteiger partial charge >= 0.3 is 0 Å². The number of rotatable bonds is 5. The Labute approximate surface area is 152 Å². The monoisotopic (exact) mass is 384 g/mol. The quantitative estimate of drug-likeness (QED) is 0.576. The molecule has 0 saturated carbocycles. The summed E-state index contributed by atoms with van der Waals surface area (Å²) >= 11 is 0.418. The number of carbonyl (C=O) groups excluding carboxylic acids is 1. The first-order valence-electron chi connectivity index (χ1n) is 7.83. The second-order valence-corrected chi connectivity index (χ2v) is 7.09. The van der Waals surface area contributed by atoms with Crippen molar-refractivity contribution in [1.29, 1.82) is 0 Å². The summed E-state index contributed by atoms with van der Waals surface area (Å²) < 4.78 is 51.3.